The number of nitrogens with one attached hydrogen (secondary N) is 1. The summed E-state index contributed by atoms with van der Waals surface area (Å²) in [5.74, 6) is 0.517. The van der Waals surface area contributed by atoms with Crippen LogP contribution in [0.5, 0.6) is 0 Å². The molecule has 0 aliphatic heterocycles. The SMILES string of the molecule is CCNCc1ccc(Cl)c(S(=O)(=O)N(CC)CC2CC2)c1. The number of benzene rings is 1. The van der Waals surface area contributed by atoms with Crippen LogP contribution in [0.2, 0.25) is 5.02 Å². The van der Waals surface area contributed by atoms with E-state index in [1.54, 1.807) is 16.4 Å². The van der Waals surface area contributed by atoms with Crippen LogP contribution in [-0.4, -0.2) is 32.4 Å². The fraction of sp³-hybridized carbons (Fsp3) is 0.600. The Balaban J connectivity index is 2.28. The van der Waals surface area contributed by atoms with Gasteiger partial charge >= 0.3 is 0 Å². The summed E-state index contributed by atoms with van der Waals surface area (Å²) in [4.78, 5) is 0.224. The molecule has 1 aromatic rings. The van der Waals surface area contributed by atoms with Crippen molar-refractivity contribution in [1.82, 2.24) is 9.62 Å². The third-order valence-corrected chi connectivity index (χ3v) is 6.13. The minimum absolute atomic E-state index is 0.224. The third-order valence-electron chi connectivity index (χ3n) is 3.70. The number of halogens is 1. The molecule has 0 unspecified atom stereocenters. The van der Waals surface area contributed by atoms with Gasteiger partial charge in [-0.05, 0) is 43.0 Å². The van der Waals surface area contributed by atoms with Gasteiger partial charge in [0.05, 0.1) is 5.02 Å². The first-order chi connectivity index (χ1) is 9.98. The van der Waals surface area contributed by atoms with Gasteiger partial charge in [0.25, 0.3) is 0 Å². The van der Waals surface area contributed by atoms with Gasteiger partial charge in [0, 0.05) is 19.6 Å². The predicted octanol–water partition coefficient (Wildman–Crippen LogP) is 2.87. The first kappa shape index (κ1) is 16.7. The molecule has 2 rings (SSSR count). The minimum atomic E-state index is -3.51. The lowest BCUT2D eigenvalue weighted by atomic mass is 10.2. The van der Waals surface area contributed by atoms with Crippen LogP contribution in [0.3, 0.4) is 0 Å². The maximum absolute atomic E-state index is 12.8. The van der Waals surface area contributed by atoms with Crippen LogP contribution in [0.25, 0.3) is 0 Å². The van der Waals surface area contributed by atoms with Crippen LogP contribution >= 0.6 is 11.6 Å². The number of sulfonamides is 1. The molecule has 0 radical (unpaired) electrons. The lowest BCUT2D eigenvalue weighted by molar-refractivity contribution is 0.412. The second kappa shape index (κ2) is 7.09. The van der Waals surface area contributed by atoms with Gasteiger partial charge in [-0.25, -0.2) is 8.42 Å². The van der Waals surface area contributed by atoms with Crippen molar-refractivity contribution >= 4 is 21.6 Å². The molecule has 1 aliphatic rings. The Morgan fingerprint density at radius 1 is 1.33 bits per heavy atom. The number of nitrogens with zero attached hydrogens (tertiary/aromatic N) is 1. The summed E-state index contributed by atoms with van der Waals surface area (Å²) >= 11 is 6.14. The van der Waals surface area contributed by atoms with Crippen LogP contribution in [0.1, 0.15) is 32.3 Å². The van der Waals surface area contributed by atoms with Crippen molar-refractivity contribution in [2.75, 3.05) is 19.6 Å². The van der Waals surface area contributed by atoms with Gasteiger partial charge in [-0.2, -0.15) is 4.31 Å². The van der Waals surface area contributed by atoms with E-state index in [9.17, 15) is 8.42 Å². The van der Waals surface area contributed by atoms with E-state index in [1.165, 1.54) is 0 Å². The Morgan fingerprint density at radius 3 is 2.62 bits per heavy atom. The summed E-state index contributed by atoms with van der Waals surface area (Å²) in [7, 11) is -3.51. The normalized spacial score (nSPS) is 15.6. The molecule has 1 N–H and O–H groups in total. The molecule has 1 aromatic carbocycles. The molecule has 0 amide bonds. The molecule has 0 heterocycles. The van der Waals surface area contributed by atoms with Crippen molar-refractivity contribution in [3.8, 4) is 0 Å². The quantitative estimate of drug-likeness (QED) is 0.797. The molecule has 1 saturated carbocycles. The molecule has 6 heteroatoms. The second-order valence-corrected chi connectivity index (χ2v) is 7.76. The first-order valence-corrected chi connectivity index (χ1v) is 9.30. The molecular weight excluding hydrogens is 308 g/mol. The Bertz CT molecular complexity index is 585. The average molecular weight is 331 g/mol. The molecule has 1 fully saturated rings. The summed E-state index contributed by atoms with van der Waals surface area (Å²) < 4.78 is 27.1. The van der Waals surface area contributed by atoms with Crippen molar-refractivity contribution in [1.29, 1.82) is 0 Å². The summed E-state index contributed by atoms with van der Waals surface area (Å²) in [6.07, 6.45) is 2.25. The first-order valence-electron chi connectivity index (χ1n) is 7.48. The van der Waals surface area contributed by atoms with E-state index in [0.717, 1.165) is 24.9 Å². The molecule has 21 heavy (non-hydrogen) atoms. The van der Waals surface area contributed by atoms with Gasteiger partial charge in [-0.1, -0.05) is 31.5 Å². The molecule has 0 aromatic heterocycles. The fourth-order valence-electron chi connectivity index (χ4n) is 2.25. The molecule has 4 nitrogen and oxygen atoms in total. The van der Waals surface area contributed by atoms with E-state index < -0.39 is 10.0 Å². The smallest absolute Gasteiger partial charge is 0.244 e. The van der Waals surface area contributed by atoms with Gasteiger partial charge in [0.1, 0.15) is 4.90 Å². The summed E-state index contributed by atoms with van der Waals surface area (Å²) in [5, 5.41) is 3.49. The Morgan fingerprint density at radius 2 is 2.05 bits per heavy atom. The predicted molar refractivity (Wildman–Crippen MR) is 86.0 cm³/mol. The zero-order valence-corrected chi connectivity index (χ0v) is 14.2. The highest BCUT2D eigenvalue weighted by Gasteiger charge is 2.31. The monoisotopic (exact) mass is 330 g/mol. The van der Waals surface area contributed by atoms with E-state index in [0.29, 0.717) is 30.6 Å². The minimum Gasteiger partial charge on any atom is -0.313 e. The molecule has 0 bridgehead atoms. The van der Waals surface area contributed by atoms with E-state index in [4.69, 9.17) is 11.6 Å². The van der Waals surface area contributed by atoms with Crippen LogP contribution in [0.4, 0.5) is 0 Å². The number of hydrogen-bond donors (Lipinski definition) is 1. The van der Waals surface area contributed by atoms with E-state index in [2.05, 4.69) is 5.32 Å². The topological polar surface area (TPSA) is 49.4 Å². The molecular formula is C15H23ClN2O2S. The molecule has 1 aliphatic carbocycles. The van der Waals surface area contributed by atoms with Gasteiger partial charge in [0.15, 0.2) is 0 Å². The van der Waals surface area contributed by atoms with Crippen LogP contribution < -0.4 is 5.32 Å². The highest BCUT2D eigenvalue weighted by atomic mass is 35.5. The molecule has 0 spiro atoms. The molecule has 0 atom stereocenters. The van der Waals surface area contributed by atoms with Crippen molar-refractivity contribution in [2.24, 2.45) is 5.92 Å². The zero-order chi connectivity index (χ0) is 15.5. The fourth-order valence-corrected chi connectivity index (χ4v) is 4.30. The number of rotatable bonds is 8. The summed E-state index contributed by atoms with van der Waals surface area (Å²) in [5.41, 5.74) is 0.933. The van der Waals surface area contributed by atoms with Crippen molar-refractivity contribution in [2.45, 2.75) is 38.1 Å². The van der Waals surface area contributed by atoms with Gasteiger partial charge in [-0.3, -0.25) is 0 Å². The van der Waals surface area contributed by atoms with Crippen LogP contribution in [-0.2, 0) is 16.6 Å². The average Bonchev–Trinajstić information content (AvgIpc) is 3.27. The van der Waals surface area contributed by atoms with E-state index in [1.807, 2.05) is 19.9 Å². The maximum atomic E-state index is 12.8. The van der Waals surface area contributed by atoms with Crippen LogP contribution in [0, 0.1) is 5.92 Å². The van der Waals surface area contributed by atoms with Gasteiger partial charge in [-0.15, -0.1) is 0 Å². The van der Waals surface area contributed by atoms with Gasteiger partial charge in [0.2, 0.25) is 10.0 Å². The lowest BCUT2D eigenvalue weighted by Gasteiger charge is -2.21. The van der Waals surface area contributed by atoms with E-state index >= 15 is 0 Å². The van der Waals surface area contributed by atoms with Crippen molar-refractivity contribution in [3.63, 3.8) is 0 Å². The highest BCUT2D eigenvalue weighted by Crippen LogP contribution is 2.33. The Kier molecular flexibility index (Phi) is 5.66. The lowest BCUT2D eigenvalue weighted by Crippen LogP contribution is -2.33. The summed E-state index contributed by atoms with van der Waals surface area (Å²) in [6.45, 7) is 6.45. The largest absolute Gasteiger partial charge is 0.313 e. The van der Waals surface area contributed by atoms with Crippen LogP contribution in [0.15, 0.2) is 23.1 Å². The summed E-state index contributed by atoms with van der Waals surface area (Å²) in [6, 6.07) is 5.23. The highest BCUT2D eigenvalue weighted by molar-refractivity contribution is 7.89. The molecule has 0 saturated heterocycles. The standard InChI is InChI=1S/C15H23ClN2O2S/c1-3-17-10-13-7-8-14(16)15(9-13)21(19,20)18(4-2)11-12-5-6-12/h7-9,12,17H,3-6,10-11H2,1-2H3. The molecule has 118 valence electrons. The van der Waals surface area contributed by atoms with Crippen molar-refractivity contribution < 1.29 is 8.42 Å². The van der Waals surface area contributed by atoms with Gasteiger partial charge < -0.3 is 5.32 Å². The zero-order valence-electron chi connectivity index (χ0n) is 12.6. The third kappa shape index (κ3) is 4.19. The Hall–Kier alpha value is -0.620. The van der Waals surface area contributed by atoms with Crippen molar-refractivity contribution in [3.05, 3.63) is 28.8 Å². The van der Waals surface area contributed by atoms with E-state index in [-0.39, 0.29) is 4.90 Å². The second-order valence-electron chi connectivity index (χ2n) is 5.44. The maximum Gasteiger partial charge on any atom is 0.244 e. The number of hydrogen-bond acceptors (Lipinski definition) is 3. The Labute approximate surface area is 132 Å².